The molecule has 1 rings (SSSR count). The van der Waals surface area contributed by atoms with Crippen LogP contribution >= 0.6 is 0 Å². The minimum Gasteiger partial charge on any atom is -0.481 e. The van der Waals surface area contributed by atoms with Gasteiger partial charge in [-0.2, -0.15) is 0 Å². The molecule has 114 valence electrons. The van der Waals surface area contributed by atoms with Gasteiger partial charge in [0.05, 0.1) is 11.1 Å². The van der Waals surface area contributed by atoms with Crippen LogP contribution in [0.2, 0.25) is 0 Å². The van der Waals surface area contributed by atoms with E-state index in [-0.39, 0.29) is 18.0 Å². The number of pyridine rings is 1. The van der Waals surface area contributed by atoms with E-state index in [9.17, 15) is 24.5 Å². The Morgan fingerprint density at radius 2 is 2.19 bits per heavy atom. The molecule has 9 nitrogen and oxygen atoms in total. The van der Waals surface area contributed by atoms with Gasteiger partial charge in [-0.25, -0.2) is 0 Å². The number of carboxylic acids is 1. The van der Waals surface area contributed by atoms with Gasteiger partial charge in [-0.3, -0.25) is 24.5 Å². The average molecular weight is 297 g/mol. The SMILES string of the molecule is CC(CCCC(=O)O)NC(=O)c1cc([N+](=O)[O-])c[nH]c1=O. The van der Waals surface area contributed by atoms with E-state index in [4.69, 9.17) is 5.11 Å². The maximum atomic E-state index is 11.9. The van der Waals surface area contributed by atoms with E-state index in [1.54, 1.807) is 6.92 Å². The summed E-state index contributed by atoms with van der Waals surface area (Å²) in [5, 5.41) is 21.6. The summed E-state index contributed by atoms with van der Waals surface area (Å²) in [6, 6.07) is 0.550. The molecule has 1 amide bonds. The third-order valence-corrected chi connectivity index (χ3v) is 2.75. The Kier molecular flexibility index (Phi) is 5.58. The molecule has 3 N–H and O–H groups in total. The zero-order valence-corrected chi connectivity index (χ0v) is 11.3. The highest BCUT2D eigenvalue weighted by Gasteiger charge is 2.17. The fraction of sp³-hybridized carbons (Fsp3) is 0.417. The molecule has 0 bridgehead atoms. The first kappa shape index (κ1) is 16.3. The lowest BCUT2D eigenvalue weighted by atomic mass is 10.1. The number of nitrogens with zero attached hydrogens (tertiary/aromatic N) is 1. The zero-order valence-electron chi connectivity index (χ0n) is 11.3. The number of H-pyrrole nitrogens is 1. The molecule has 0 saturated carbocycles. The molecule has 21 heavy (non-hydrogen) atoms. The Morgan fingerprint density at radius 1 is 1.52 bits per heavy atom. The molecule has 1 aromatic rings. The number of amides is 1. The van der Waals surface area contributed by atoms with E-state index in [2.05, 4.69) is 10.3 Å². The zero-order chi connectivity index (χ0) is 16.0. The first-order chi connectivity index (χ1) is 9.81. The summed E-state index contributed by atoms with van der Waals surface area (Å²) in [7, 11) is 0. The molecular weight excluding hydrogens is 282 g/mol. The van der Waals surface area contributed by atoms with Crippen LogP contribution in [-0.4, -0.2) is 32.9 Å². The number of carbonyl (C=O) groups excluding carboxylic acids is 1. The topological polar surface area (TPSA) is 142 Å². The van der Waals surface area contributed by atoms with Crippen LogP contribution in [0.5, 0.6) is 0 Å². The minimum atomic E-state index is -0.927. The molecular formula is C12H15N3O6. The predicted molar refractivity (Wildman–Crippen MR) is 72.1 cm³/mol. The average Bonchev–Trinajstić information content (AvgIpc) is 2.38. The van der Waals surface area contributed by atoms with Crippen molar-refractivity contribution in [2.75, 3.05) is 0 Å². The van der Waals surface area contributed by atoms with Crippen LogP contribution in [0.4, 0.5) is 5.69 Å². The molecule has 0 radical (unpaired) electrons. The maximum Gasteiger partial charge on any atom is 0.303 e. The van der Waals surface area contributed by atoms with Crippen molar-refractivity contribution in [3.63, 3.8) is 0 Å². The molecule has 0 fully saturated rings. The second-order valence-corrected chi connectivity index (χ2v) is 4.52. The third kappa shape index (κ3) is 5.05. The van der Waals surface area contributed by atoms with Gasteiger partial charge >= 0.3 is 5.97 Å². The number of aliphatic carboxylic acids is 1. The number of hydrogen-bond donors (Lipinski definition) is 3. The maximum absolute atomic E-state index is 11.9. The summed E-state index contributed by atoms with van der Waals surface area (Å²) in [5.74, 6) is -1.66. The van der Waals surface area contributed by atoms with Gasteiger partial charge in [0.15, 0.2) is 0 Å². The number of rotatable bonds is 7. The van der Waals surface area contributed by atoms with E-state index >= 15 is 0 Å². The van der Waals surface area contributed by atoms with Crippen LogP contribution in [0.15, 0.2) is 17.1 Å². The van der Waals surface area contributed by atoms with Crippen molar-refractivity contribution >= 4 is 17.6 Å². The molecule has 1 atom stereocenters. The van der Waals surface area contributed by atoms with Gasteiger partial charge in [0.1, 0.15) is 5.56 Å². The van der Waals surface area contributed by atoms with Gasteiger partial charge in [0.2, 0.25) is 0 Å². The fourth-order valence-corrected chi connectivity index (χ4v) is 1.68. The largest absolute Gasteiger partial charge is 0.481 e. The first-order valence-electron chi connectivity index (χ1n) is 6.21. The van der Waals surface area contributed by atoms with Gasteiger partial charge in [0, 0.05) is 18.5 Å². The van der Waals surface area contributed by atoms with Crippen molar-refractivity contribution in [1.29, 1.82) is 0 Å². The Labute approximate surface area is 119 Å². The molecule has 0 aromatic carbocycles. The highest BCUT2D eigenvalue weighted by molar-refractivity contribution is 5.94. The van der Waals surface area contributed by atoms with E-state index in [0.29, 0.717) is 12.8 Å². The third-order valence-electron chi connectivity index (χ3n) is 2.75. The molecule has 0 aliphatic carbocycles. The molecule has 0 aliphatic heterocycles. The summed E-state index contributed by atoms with van der Waals surface area (Å²) in [6.07, 6.45) is 1.69. The quantitative estimate of drug-likeness (QED) is 0.498. The van der Waals surface area contributed by atoms with Crippen molar-refractivity contribution in [3.05, 3.63) is 38.3 Å². The molecule has 0 saturated heterocycles. The van der Waals surface area contributed by atoms with Crippen LogP contribution < -0.4 is 10.9 Å². The standard InChI is InChI=1S/C12H15N3O6/c1-7(3-2-4-10(16)17)14-12(19)9-5-8(15(20)21)6-13-11(9)18/h5-7H,2-4H2,1H3,(H,13,18)(H,14,19)(H,16,17). The minimum absolute atomic E-state index is 0.0163. The lowest BCUT2D eigenvalue weighted by Crippen LogP contribution is -2.36. The van der Waals surface area contributed by atoms with Crippen LogP contribution in [0.1, 0.15) is 36.5 Å². The lowest BCUT2D eigenvalue weighted by Gasteiger charge is -2.12. The summed E-state index contributed by atoms with van der Waals surface area (Å²) in [4.78, 5) is 45.8. The monoisotopic (exact) mass is 297 g/mol. The number of aromatic nitrogens is 1. The van der Waals surface area contributed by atoms with Gasteiger partial charge in [-0.05, 0) is 19.8 Å². The van der Waals surface area contributed by atoms with Crippen molar-refractivity contribution in [3.8, 4) is 0 Å². The number of aromatic amines is 1. The Hall–Kier alpha value is -2.71. The number of nitrogens with one attached hydrogen (secondary N) is 2. The lowest BCUT2D eigenvalue weighted by molar-refractivity contribution is -0.385. The van der Waals surface area contributed by atoms with E-state index in [1.807, 2.05) is 0 Å². The second-order valence-electron chi connectivity index (χ2n) is 4.52. The summed E-state index contributed by atoms with van der Waals surface area (Å²) >= 11 is 0. The molecule has 0 spiro atoms. The highest BCUT2D eigenvalue weighted by atomic mass is 16.6. The highest BCUT2D eigenvalue weighted by Crippen LogP contribution is 2.09. The van der Waals surface area contributed by atoms with Crippen LogP contribution in [0.25, 0.3) is 0 Å². The molecule has 1 aromatic heterocycles. The number of hydrogen-bond acceptors (Lipinski definition) is 5. The van der Waals surface area contributed by atoms with Crippen molar-refractivity contribution in [2.24, 2.45) is 0 Å². The van der Waals surface area contributed by atoms with Crippen LogP contribution in [0.3, 0.4) is 0 Å². The van der Waals surface area contributed by atoms with Crippen molar-refractivity contribution in [2.45, 2.75) is 32.2 Å². The van der Waals surface area contributed by atoms with Gasteiger partial charge in [0.25, 0.3) is 17.2 Å². The fourth-order valence-electron chi connectivity index (χ4n) is 1.68. The number of carboxylic acid groups (broad SMARTS) is 1. The van der Waals surface area contributed by atoms with Crippen molar-refractivity contribution < 1.29 is 19.6 Å². The Balaban J connectivity index is 2.71. The summed E-state index contributed by atoms with van der Waals surface area (Å²) in [6.45, 7) is 1.66. The second kappa shape index (κ2) is 7.17. The number of carbonyl (C=O) groups is 2. The van der Waals surface area contributed by atoms with Gasteiger partial charge in [-0.1, -0.05) is 0 Å². The Morgan fingerprint density at radius 3 is 2.76 bits per heavy atom. The predicted octanol–water partition coefficient (Wildman–Crippen LogP) is 0.656. The Bertz CT molecular complexity index is 609. The van der Waals surface area contributed by atoms with E-state index < -0.39 is 28.0 Å². The van der Waals surface area contributed by atoms with Crippen LogP contribution in [-0.2, 0) is 4.79 Å². The summed E-state index contributed by atoms with van der Waals surface area (Å²) < 4.78 is 0. The van der Waals surface area contributed by atoms with Crippen LogP contribution in [0, 0.1) is 10.1 Å². The molecule has 1 unspecified atom stereocenters. The normalized spacial score (nSPS) is 11.7. The van der Waals surface area contributed by atoms with E-state index in [0.717, 1.165) is 12.3 Å². The molecule has 0 aliphatic rings. The summed E-state index contributed by atoms with van der Waals surface area (Å²) in [5.41, 5.74) is -1.47. The first-order valence-corrected chi connectivity index (χ1v) is 6.21. The smallest absolute Gasteiger partial charge is 0.303 e. The van der Waals surface area contributed by atoms with E-state index in [1.165, 1.54) is 0 Å². The van der Waals surface area contributed by atoms with Gasteiger partial charge < -0.3 is 15.4 Å². The van der Waals surface area contributed by atoms with Gasteiger partial charge in [-0.15, -0.1) is 0 Å². The number of nitro groups is 1. The van der Waals surface area contributed by atoms with Crippen molar-refractivity contribution in [1.82, 2.24) is 10.3 Å². The molecule has 9 heteroatoms. The molecule has 1 heterocycles.